The van der Waals surface area contributed by atoms with Crippen molar-refractivity contribution < 1.29 is 9.15 Å². The summed E-state index contributed by atoms with van der Waals surface area (Å²) in [6, 6.07) is 8.33. The fourth-order valence-electron chi connectivity index (χ4n) is 1.89. The first kappa shape index (κ1) is 13.6. The van der Waals surface area contributed by atoms with Gasteiger partial charge in [-0.25, -0.2) is 4.98 Å². The minimum Gasteiger partial charge on any atom is -0.497 e. The Balaban J connectivity index is 2.02. The highest BCUT2D eigenvalue weighted by Crippen LogP contribution is 2.16. The van der Waals surface area contributed by atoms with Crippen LogP contribution in [0.25, 0.3) is 0 Å². The Kier molecular flexibility index (Phi) is 4.58. The van der Waals surface area contributed by atoms with Gasteiger partial charge in [-0.2, -0.15) is 0 Å². The van der Waals surface area contributed by atoms with E-state index in [1.165, 1.54) is 0 Å². The average molecular weight is 260 g/mol. The molecular weight excluding hydrogens is 240 g/mol. The summed E-state index contributed by atoms with van der Waals surface area (Å²) in [5, 5.41) is 3.18. The molecule has 0 bridgehead atoms. The lowest BCUT2D eigenvalue weighted by Gasteiger charge is -2.06. The summed E-state index contributed by atoms with van der Waals surface area (Å²) < 4.78 is 10.9. The van der Waals surface area contributed by atoms with Crippen molar-refractivity contribution in [2.75, 3.05) is 14.2 Å². The van der Waals surface area contributed by atoms with E-state index in [1.807, 2.05) is 37.5 Å². The predicted molar refractivity (Wildman–Crippen MR) is 74.5 cm³/mol. The summed E-state index contributed by atoms with van der Waals surface area (Å²) >= 11 is 0. The van der Waals surface area contributed by atoms with Crippen molar-refractivity contribution in [3.8, 4) is 5.75 Å². The largest absolute Gasteiger partial charge is 0.497 e. The minimum atomic E-state index is 0.387. The molecule has 102 valence electrons. The molecule has 1 unspecified atom stereocenters. The fourth-order valence-corrected chi connectivity index (χ4v) is 1.89. The molecule has 1 aromatic heterocycles. The molecule has 0 fully saturated rings. The van der Waals surface area contributed by atoms with Crippen LogP contribution in [0, 0.1) is 0 Å². The lowest BCUT2D eigenvalue weighted by molar-refractivity contribution is 0.413. The summed E-state index contributed by atoms with van der Waals surface area (Å²) in [4.78, 5) is 4.32. The van der Waals surface area contributed by atoms with Gasteiger partial charge in [0.25, 0.3) is 0 Å². The van der Waals surface area contributed by atoms with Crippen LogP contribution in [-0.2, 0) is 12.8 Å². The highest BCUT2D eigenvalue weighted by Gasteiger charge is 2.08. The molecule has 4 heteroatoms. The van der Waals surface area contributed by atoms with E-state index < -0.39 is 0 Å². The molecule has 0 saturated carbocycles. The van der Waals surface area contributed by atoms with Crippen LogP contribution >= 0.6 is 0 Å². The molecule has 0 radical (unpaired) electrons. The number of oxazole rings is 1. The Labute approximate surface area is 113 Å². The Morgan fingerprint density at radius 2 is 2.26 bits per heavy atom. The van der Waals surface area contributed by atoms with Gasteiger partial charge in [0.05, 0.1) is 13.3 Å². The maximum absolute atomic E-state index is 5.74. The molecule has 1 N–H and O–H groups in total. The van der Waals surface area contributed by atoms with Gasteiger partial charge in [0.15, 0.2) is 5.89 Å². The maximum atomic E-state index is 5.74. The monoisotopic (exact) mass is 260 g/mol. The van der Waals surface area contributed by atoms with Crippen molar-refractivity contribution in [3.05, 3.63) is 47.7 Å². The Morgan fingerprint density at radius 1 is 1.42 bits per heavy atom. The molecule has 4 nitrogen and oxygen atoms in total. The topological polar surface area (TPSA) is 47.3 Å². The molecule has 1 atom stereocenters. The standard InChI is InChI=1S/C15H20N2O2/c1-11(16-2)7-14-10-17-15(19-14)9-12-5-4-6-13(8-12)18-3/h4-6,8,10-11,16H,7,9H2,1-3H3. The zero-order valence-electron chi connectivity index (χ0n) is 11.6. The number of ether oxygens (including phenoxy) is 1. The number of methoxy groups -OCH3 is 1. The van der Waals surface area contributed by atoms with Crippen LogP contribution < -0.4 is 10.1 Å². The lowest BCUT2D eigenvalue weighted by atomic mass is 10.1. The summed E-state index contributed by atoms with van der Waals surface area (Å²) in [5.74, 6) is 2.51. The fraction of sp³-hybridized carbons (Fsp3) is 0.400. The van der Waals surface area contributed by atoms with Crippen LogP contribution in [0.4, 0.5) is 0 Å². The van der Waals surface area contributed by atoms with Crippen molar-refractivity contribution in [1.82, 2.24) is 10.3 Å². The van der Waals surface area contributed by atoms with E-state index in [4.69, 9.17) is 9.15 Å². The number of nitrogens with one attached hydrogen (secondary N) is 1. The van der Waals surface area contributed by atoms with Crippen molar-refractivity contribution >= 4 is 0 Å². The van der Waals surface area contributed by atoms with E-state index in [0.29, 0.717) is 12.5 Å². The van der Waals surface area contributed by atoms with Crippen LogP contribution in [-0.4, -0.2) is 25.2 Å². The predicted octanol–water partition coefficient (Wildman–Crippen LogP) is 2.42. The number of nitrogens with zero attached hydrogens (tertiary/aromatic N) is 1. The van der Waals surface area contributed by atoms with Crippen molar-refractivity contribution in [2.24, 2.45) is 0 Å². The first-order chi connectivity index (χ1) is 9.21. The summed E-state index contributed by atoms with van der Waals surface area (Å²) in [5.41, 5.74) is 1.13. The van der Waals surface area contributed by atoms with Crippen LogP contribution in [0.3, 0.4) is 0 Å². The van der Waals surface area contributed by atoms with E-state index in [1.54, 1.807) is 7.11 Å². The van der Waals surface area contributed by atoms with Gasteiger partial charge < -0.3 is 14.5 Å². The molecule has 0 aliphatic heterocycles. The molecule has 19 heavy (non-hydrogen) atoms. The lowest BCUT2D eigenvalue weighted by Crippen LogP contribution is -2.23. The number of rotatable bonds is 6. The van der Waals surface area contributed by atoms with Crippen molar-refractivity contribution in [2.45, 2.75) is 25.8 Å². The van der Waals surface area contributed by atoms with Crippen LogP contribution in [0.2, 0.25) is 0 Å². The molecular formula is C15H20N2O2. The normalized spacial score (nSPS) is 12.4. The third-order valence-electron chi connectivity index (χ3n) is 3.09. The van der Waals surface area contributed by atoms with E-state index >= 15 is 0 Å². The highest BCUT2D eigenvalue weighted by molar-refractivity contribution is 5.29. The second kappa shape index (κ2) is 6.38. The molecule has 0 amide bonds. The van der Waals surface area contributed by atoms with Gasteiger partial charge in [-0.3, -0.25) is 0 Å². The zero-order chi connectivity index (χ0) is 13.7. The van der Waals surface area contributed by atoms with Crippen LogP contribution in [0.15, 0.2) is 34.9 Å². The third-order valence-corrected chi connectivity index (χ3v) is 3.09. The van der Waals surface area contributed by atoms with Gasteiger partial charge in [0.2, 0.25) is 0 Å². The second-order valence-corrected chi connectivity index (χ2v) is 4.64. The molecule has 2 aromatic rings. The first-order valence-electron chi connectivity index (χ1n) is 6.45. The van der Waals surface area contributed by atoms with Gasteiger partial charge in [0.1, 0.15) is 11.5 Å². The number of hydrogen-bond acceptors (Lipinski definition) is 4. The van der Waals surface area contributed by atoms with Gasteiger partial charge in [-0.15, -0.1) is 0 Å². The summed E-state index contributed by atoms with van der Waals surface area (Å²) in [7, 11) is 3.61. The molecule has 0 spiro atoms. The van der Waals surface area contributed by atoms with E-state index in [0.717, 1.165) is 29.4 Å². The summed E-state index contributed by atoms with van der Waals surface area (Å²) in [6.45, 7) is 2.12. The first-order valence-corrected chi connectivity index (χ1v) is 6.45. The van der Waals surface area contributed by atoms with Crippen molar-refractivity contribution in [1.29, 1.82) is 0 Å². The minimum absolute atomic E-state index is 0.387. The number of benzene rings is 1. The van der Waals surface area contributed by atoms with E-state index in [-0.39, 0.29) is 0 Å². The molecule has 1 heterocycles. The second-order valence-electron chi connectivity index (χ2n) is 4.64. The average Bonchev–Trinajstić information content (AvgIpc) is 2.86. The van der Waals surface area contributed by atoms with E-state index in [2.05, 4.69) is 17.2 Å². The molecule has 0 saturated heterocycles. The molecule has 0 aliphatic carbocycles. The van der Waals surface area contributed by atoms with Gasteiger partial charge >= 0.3 is 0 Å². The zero-order valence-corrected chi connectivity index (χ0v) is 11.6. The van der Waals surface area contributed by atoms with Crippen LogP contribution in [0.1, 0.15) is 24.1 Å². The Morgan fingerprint density at radius 3 is 3.00 bits per heavy atom. The Hall–Kier alpha value is -1.81. The SMILES string of the molecule is CNC(C)Cc1cnc(Cc2cccc(OC)c2)o1. The smallest absolute Gasteiger partial charge is 0.198 e. The van der Waals surface area contributed by atoms with Crippen LogP contribution in [0.5, 0.6) is 5.75 Å². The highest BCUT2D eigenvalue weighted by atomic mass is 16.5. The van der Waals surface area contributed by atoms with Crippen molar-refractivity contribution in [3.63, 3.8) is 0 Å². The van der Waals surface area contributed by atoms with Gasteiger partial charge in [-0.05, 0) is 31.7 Å². The van der Waals surface area contributed by atoms with Gasteiger partial charge in [0, 0.05) is 18.9 Å². The van der Waals surface area contributed by atoms with Gasteiger partial charge in [-0.1, -0.05) is 12.1 Å². The Bertz CT molecular complexity index is 522. The number of likely N-dealkylation sites (N-methyl/N-ethyl adjacent to an activating group) is 1. The molecule has 1 aromatic carbocycles. The maximum Gasteiger partial charge on any atom is 0.198 e. The third kappa shape index (κ3) is 3.83. The summed E-state index contributed by atoms with van der Waals surface area (Å²) in [6.07, 6.45) is 3.34. The van der Waals surface area contributed by atoms with E-state index in [9.17, 15) is 0 Å². The number of aromatic nitrogens is 1. The quantitative estimate of drug-likeness (QED) is 0.866. The molecule has 0 aliphatic rings. The molecule has 2 rings (SSSR count). The number of hydrogen-bond donors (Lipinski definition) is 1.